The van der Waals surface area contributed by atoms with Gasteiger partial charge in [0.05, 0.1) is 17.4 Å². The predicted octanol–water partition coefficient (Wildman–Crippen LogP) is 1.67. The Morgan fingerprint density at radius 2 is 2.11 bits per heavy atom. The standard InChI is InChI=1S/C13H15NO3S2/c15-13(14-9-5-6-19(16,17)8-9)11-7-18-12-4-2-1-3-10(11)12/h5-7,9H,1-4,8H2,(H,14,15). The van der Waals surface area contributed by atoms with E-state index in [1.165, 1.54) is 22.3 Å². The van der Waals surface area contributed by atoms with E-state index in [1.54, 1.807) is 17.4 Å². The molecule has 2 heterocycles. The molecule has 1 aliphatic carbocycles. The maximum absolute atomic E-state index is 12.2. The smallest absolute Gasteiger partial charge is 0.252 e. The van der Waals surface area contributed by atoms with Crippen LogP contribution in [0.3, 0.4) is 0 Å². The molecule has 0 spiro atoms. The van der Waals surface area contributed by atoms with Gasteiger partial charge in [-0.25, -0.2) is 8.42 Å². The molecule has 2 aliphatic rings. The van der Waals surface area contributed by atoms with E-state index in [0.29, 0.717) is 0 Å². The Kier molecular flexibility index (Phi) is 3.22. The lowest BCUT2D eigenvalue weighted by Gasteiger charge is -2.14. The molecule has 0 aromatic carbocycles. The SMILES string of the molecule is O=C(NC1C=CS(=O)(=O)C1)c1csc2c1CCCC2. The van der Waals surface area contributed by atoms with Gasteiger partial charge in [-0.3, -0.25) is 4.79 Å². The number of amides is 1. The first kappa shape index (κ1) is 12.9. The van der Waals surface area contributed by atoms with E-state index in [2.05, 4.69) is 5.32 Å². The number of thiophene rings is 1. The minimum absolute atomic E-state index is 0.0228. The van der Waals surface area contributed by atoms with Crippen LogP contribution >= 0.6 is 11.3 Å². The summed E-state index contributed by atoms with van der Waals surface area (Å²) in [4.78, 5) is 13.5. The number of aryl methyl sites for hydroxylation is 1. The Hall–Kier alpha value is -1.14. The third-order valence-electron chi connectivity index (χ3n) is 3.55. The monoisotopic (exact) mass is 297 g/mol. The summed E-state index contributed by atoms with van der Waals surface area (Å²) in [5.41, 5.74) is 1.90. The predicted molar refractivity (Wildman–Crippen MR) is 75.1 cm³/mol. The number of sulfone groups is 1. The van der Waals surface area contributed by atoms with Gasteiger partial charge in [0.25, 0.3) is 5.91 Å². The van der Waals surface area contributed by atoms with Gasteiger partial charge in [0.2, 0.25) is 0 Å². The molecule has 1 aromatic rings. The fourth-order valence-corrected chi connectivity index (χ4v) is 4.96. The van der Waals surface area contributed by atoms with Crippen LogP contribution in [0.4, 0.5) is 0 Å². The largest absolute Gasteiger partial charge is 0.345 e. The number of hydrogen-bond donors (Lipinski definition) is 1. The summed E-state index contributed by atoms with van der Waals surface area (Å²) >= 11 is 1.64. The first-order valence-electron chi connectivity index (χ1n) is 6.36. The van der Waals surface area contributed by atoms with Crippen LogP contribution in [-0.2, 0) is 22.7 Å². The Bertz CT molecular complexity index is 643. The first-order chi connectivity index (χ1) is 9.05. The summed E-state index contributed by atoms with van der Waals surface area (Å²) in [7, 11) is -3.12. The zero-order valence-electron chi connectivity index (χ0n) is 10.4. The highest BCUT2D eigenvalue weighted by Gasteiger charge is 2.26. The normalized spacial score (nSPS) is 24.1. The number of rotatable bonds is 2. The summed E-state index contributed by atoms with van der Waals surface area (Å²) in [6.07, 6.45) is 5.89. The minimum Gasteiger partial charge on any atom is -0.345 e. The molecule has 19 heavy (non-hydrogen) atoms. The van der Waals surface area contributed by atoms with Crippen LogP contribution in [0.5, 0.6) is 0 Å². The van der Waals surface area contributed by atoms with Crippen molar-refractivity contribution < 1.29 is 13.2 Å². The van der Waals surface area contributed by atoms with Crippen molar-refractivity contribution >= 4 is 27.1 Å². The van der Waals surface area contributed by atoms with E-state index < -0.39 is 15.9 Å². The Morgan fingerprint density at radius 1 is 1.32 bits per heavy atom. The van der Waals surface area contributed by atoms with Crippen LogP contribution in [-0.4, -0.2) is 26.1 Å². The second kappa shape index (κ2) is 4.76. The van der Waals surface area contributed by atoms with Gasteiger partial charge in [-0.15, -0.1) is 11.3 Å². The third-order valence-corrected chi connectivity index (χ3v) is 6.04. The van der Waals surface area contributed by atoms with Gasteiger partial charge in [0.15, 0.2) is 9.84 Å². The van der Waals surface area contributed by atoms with Crippen molar-refractivity contribution in [1.29, 1.82) is 0 Å². The fraction of sp³-hybridized carbons (Fsp3) is 0.462. The lowest BCUT2D eigenvalue weighted by molar-refractivity contribution is 0.0947. The van der Waals surface area contributed by atoms with E-state index in [4.69, 9.17) is 0 Å². The molecule has 1 unspecified atom stereocenters. The first-order valence-corrected chi connectivity index (χ1v) is 8.96. The molecule has 0 saturated heterocycles. The lowest BCUT2D eigenvalue weighted by Crippen LogP contribution is -2.35. The molecule has 0 saturated carbocycles. The molecule has 3 rings (SSSR count). The van der Waals surface area contributed by atoms with Crippen molar-refractivity contribution in [3.63, 3.8) is 0 Å². The molecule has 4 nitrogen and oxygen atoms in total. The number of nitrogens with one attached hydrogen (secondary N) is 1. The van der Waals surface area contributed by atoms with Crippen molar-refractivity contribution in [2.75, 3.05) is 5.75 Å². The van der Waals surface area contributed by atoms with Crippen LogP contribution in [0.1, 0.15) is 33.6 Å². The van der Waals surface area contributed by atoms with Gasteiger partial charge in [-0.05, 0) is 37.3 Å². The van der Waals surface area contributed by atoms with Crippen molar-refractivity contribution in [3.05, 3.63) is 32.9 Å². The highest BCUT2D eigenvalue weighted by atomic mass is 32.2. The molecule has 1 amide bonds. The average molecular weight is 297 g/mol. The molecule has 1 atom stereocenters. The highest BCUT2D eigenvalue weighted by Crippen LogP contribution is 2.30. The number of carbonyl (C=O) groups excluding carboxylic acids is 1. The summed E-state index contributed by atoms with van der Waals surface area (Å²) in [6.45, 7) is 0. The van der Waals surface area contributed by atoms with Crippen LogP contribution < -0.4 is 5.32 Å². The minimum atomic E-state index is -3.12. The molecular weight excluding hydrogens is 282 g/mol. The molecule has 6 heteroatoms. The van der Waals surface area contributed by atoms with Gasteiger partial charge >= 0.3 is 0 Å². The average Bonchev–Trinajstić information content (AvgIpc) is 2.92. The molecule has 1 N–H and O–H groups in total. The van der Waals surface area contributed by atoms with Crippen molar-refractivity contribution in [1.82, 2.24) is 5.32 Å². The zero-order valence-corrected chi connectivity index (χ0v) is 12.0. The van der Waals surface area contributed by atoms with Gasteiger partial charge in [0.1, 0.15) is 0 Å². The van der Waals surface area contributed by atoms with Crippen LogP contribution in [0.25, 0.3) is 0 Å². The lowest BCUT2D eigenvalue weighted by atomic mass is 9.95. The van der Waals surface area contributed by atoms with Gasteiger partial charge < -0.3 is 5.32 Å². The van der Waals surface area contributed by atoms with Gasteiger partial charge in [0, 0.05) is 15.7 Å². The van der Waals surface area contributed by atoms with E-state index in [1.807, 2.05) is 5.38 Å². The second-order valence-corrected chi connectivity index (χ2v) is 7.89. The molecule has 1 aliphatic heterocycles. The molecule has 102 valence electrons. The molecule has 1 aromatic heterocycles. The van der Waals surface area contributed by atoms with Crippen molar-refractivity contribution in [3.8, 4) is 0 Å². The van der Waals surface area contributed by atoms with Crippen molar-refractivity contribution in [2.45, 2.75) is 31.7 Å². The van der Waals surface area contributed by atoms with E-state index in [9.17, 15) is 13.2 Å². The maximum atomic E-state index is 12.2. The maximum Gasteiger partial charge on any atom is 0.252 e. The number of carbonyl (C=O) groups is 1. The van der Waals surface area contributed by atoms with Gasteiger partial charge in [-0.2, -0.15) is 0 Å². The summed E-state index contributed by atoms with van der Waals surface area (Å²) in [5.74, 6) is -0.170. The van der Waals surface area contributed by atoms with Crippen LogP contribution in [0.15, 0.2) is 16.9 Å². The number of hydrogen-bond acceptors (Lipinski definition) is 4. The Labute approximate surface area is 116 Å². The van der Waals surface area contributed by atoms with E-state index in [-0.39, 0.29) is 11.7 Å². The molecule has 0 fully saturated rings. The fourth-order valence-electron chi connectivity index (χ4n) is 2.60. The quantitative estimate of drug-likeness (QED) is 0.903. The Balaban J connectivity index is 1.75. The van der Waals surface area contributed by atoms with Crippen molar-refractivity contribution in [2.24, 2.45) is 0 Å². The number of fused-ring (bicyclic) bond motifs is 1. The van der Waals surface area contributed by atoms with Crippen LogP contribution in [0.2, 0.25) is 0 Å². The van der Waals surface area contributed by atoms with Crippen LogP contribution in [0, 0.1) is 0 Å². The third kappa shape index (κ3) is 2.60. The zero-order chi connectivity index (χ0) is 13.5. The topological polar surface area (TPSA) is 63.2 Å². The molecule has 0 bridgehead atoms. The Morgan fingerprint density at radius 3 is 2.84 bits per heavy atom. The summed E-state index contributed by atoms with van der Waals surface area (Å²) < 4.78 is 22.6. The summed E-state index contributed by atoms with van der Waals surface area (Å²) in [6, 6.07) is -0.392. The second-order valence-electron chi connectivity index (χ2n) is 5.00. The van der Waals surface area contributed by atoms with E-state index in [0.717, 1.165) is 24.8 Å². The molecular formula is C13H15NO3S2. The van der Waals surface area contributed by atoms with E-state index >= 15 is 0 Å². The highest BCUT2D eigenvalue weighted by molar-refractivity contribution is 7.94. The summed E-state index contributed by atoms with van der Waals surface area (Å²) in [5, 5.41) is 5.87. The van der Waals surface area contributed by atoms with Gasteiger partial charge in [-0.1, -0.05) is 0 Å². The molecule has 0 radical (unpaired) electrons.